The molecule has 0 heterocycles. The number of nitrogens with one attached hydrogen (secondary N) is 1. The van der Waals surface area contributed by atoms with E-state index in [0.717, 1.165) is 18.7 Å². The molecular weight excluding hydrogens is 298 g/mol. The Kier molecular flexibility index (Phi) is 6.17. The SMILES string of the molecule is CC[C@@H](Oc1ccc2c(c1)CCCC2)C(=O)NCC1CCCCC1. The van der Waals surface area contributed by atoms with Gasteiger partial charge in [0, 0.05) is 6.54 Å². The van der Waals surface area contributed by atoms with Crippen LogP contribution < -0.4 is 10.1 Å². The summed E-state index contributed by atoms with van der Waals surface area (Å²) in [6, 6.07) is 6.35. The summed E-state index contributed by atoms with van der Waals surface area (Å²) >= 11 is 0. The summed E-state index contributed by atoms with van der Waals surface area (Å²) in [5, 5.41) is 3.12. The van der Waals surface area contributed by atoms with E-state index in [-0.39, 0.29) is 12.0 Å². The highest BCUT2D eigenvalue weighted by molar-refractivity contribution is 5.81. The first-order valence-electron chi connectivity index (χ1n) is 9.82. The third-order valence-electron chi connectivity index (χ3n) is 5.55. The van der Waals surface area contributed by atoms with Crippen molar-refractivity contribution >= 4 is 5.91 Å². The van der Waals surface area contributed by atoms with Crippen molar-refractivity contribution in [2.45, 2.75) is 77.2 Å². The van der Waals surface area contributed by atoms with Crippen LogP contribution in [0.25, 0.3) is 0 Å². The Balaban J connectivity index is 1.54. The van der Waals surface area contributed by atoms with Crippen LogP contribution in [0.4, 0.5) is 0 Å². The Morgan fingerprint density at radius 1 is 1.12 bits per heavy atom. The molecular formula is C21H31NO2. The van der Waals surface area contributed by atoms with Crippen LogP contribution in [0.5, 0.6) is 5.75 Å². The molecule has 2 aliphatic carbocycles. The van der Waals surface area contributed by atoms with Gasteiger partial charge in [-0.15, -0.1) is 0 Å². The van der Waals surface area contributed by atoms with Gasteiger partial charge in [0.1, 0.15) is 5.75 Å². The van der Waals surface area contributed by atoms with Gasteiger partial charge in [0.25, 0.3) is 5.91 Å². The number of benzene rings is 1. The molecule has 0 unspecified atom stereocenters. The van der Waals surface area contributed by atoms with Gasteiger partial charge in [-0.3, -0.25) is 4.79 Å². The van der Waals surface area contributed by atoms with Crippen molar-refractivity contribution in [3.8, 4) is 5.75 Å². The first kappa shape index (κ1) is 17.3. The molecule has 1 aromatic carbocycles. The fraction of sp³-hybridized carbons (Fsp3) is 0.667. The van der Waals surface area contributed by atoms with Crippen molar-refractivity contribution in [2.75, 3.05) is 6.54 Å². The first-order valence-corrected chi connectivity index (χ1v) is 9.82. The number of ether oxygens (including phenoxy) is 1. The maximum atomic E-state index is 12.5. The van der Waals surface area contributed by atoms with Crippen LogP contribution in [0.1, 0.15) is 69.4 Å². The predicted octanol–water partition coefficient (Wildman–Crippen LogP) is 4.42. The largest absolute Gasteiger partial charge is 0.481 e. The molecule has 0 aliphatic heterocycles. The normalized spacial score (nSPS) is 19.4. The van der Waals surface area contributed by atoms with E-state index in [2.05, 4.69) is 17.4 Å². The van der Waals surface area contributed by atoms with Gasteiger partial charge in [-0.25, -0.2) is 0 Å². The molecule has 0 aromatic heterocycles. The van der Waals surface area contributed by atoms with Crippen LogP contribution in [0, 0.1) is 5.92 Å². The first-order chi connectivity index (χ1) is 11.8. The summed E-state index contributed by atoms with van der Waals surface area (Å²) in [5.74, 6) is 1.54. The van der Waals surface area contributed by atoms with E-state index >= 15 is 0 Å². The zero-order valence-corrected chi connectivity index (χ0v) is 15.0. The molecule has 1 amide bonds. The molecule has 1 fully saturated rings. The molecule has 1 aromatic rings. The van der Waals surface area contributed by atoms with E-state index in [9.17, 15) is 4.79 Å². The van der Waals surface area contributed by atoms with E-state index in [1.807, 2.05) is 13.0 Å². The molecule has 0 bridgehead atoms. The lowest BCUT2D eigenvalue weighted by Crippen LogP contribution is -2.40. The second-order valence-electron chi connectivity index (χ2n) is 7.40. The van der Waals surface area contributed by atoms with Gasteiger partial charge in [0.2, 0.25) is 0 Å². The molecule has 132 valence electrons. The number of aryl methyl sites for hydroxylation is 2. The molecule has 3 nitrogen and oxygen atoms in total. The lowest BCUT2D eigenvalue weighted by molar-refractivity contribution is -0.128. The lowest BCUT2D eigenvalue weighted by atomic mass is 9.89. The number of fused-ring (bicyclic) bond motifs is 1. The minimum atomic E-state index is -0.379. The highest BCUT2D eigenvalue weighted by Crippen LogP contribution is 2.26. The van der Waals surface area contributed by atoms with Crippen molar-refractivity contribution in [1.82, 2.24) is 5.32 Å². The van der Waals surface area contributed by atoms with Crippen molar-refractivity contribution in [2.24, 2.45) is 5.92 Å². The number of carbonyl (C=O) groups excluding carboxylic acids is 1. The van der Waals surface area contributed by atoms with Gasteiger partial charge in [0.15, 0.2) is 6.10 Å². The fourth-order valence-corrected chi connectivity index (χ4v) is 4.02. The zero-order chi connectivity index (χ0) is 16.8. The second-order valence-corrected chi connectivity index (χ2v) is 7.40. The number of hydrogen-bond donors (Lipinski definition) is 1. The van der Waals surface area contributed by atoms with Crippen LogP contribution in [-0.4, -0.2) is 18.6 Å². The minimum Gasteiger partial charge on any atom is -0.481 e. The van der Waals surface area contributed by atoms with Crippen molar-refractivity contribution < 1.29 is 9.53 Å². The van der Waals surface area contributed by atoms with E-state index < -0.39 is 0 Å². The maximum absolute atomic E-state index is 12.5. The van der Waals surface area contributed by atoms with Crippen LogP contribution in [0.15, 0.2) is 18.2 Å². The summed E-state index contributed by atoms with van der Waals surface area (Å²) in [5.41, 5.74) is 2.85. The molecule has 0 spiro atoms. The van der Waals surface area contributed by atoms with Gasteiger partial charge in [0.05, 0.1) is 0 Å². The van der Waals surface area contributed by atoms with Crippen LogP contribution in [0.2, 0.25) is 0 Å². The average Bonchev–Trinajstić information content (AvgIpc) is 2.65. The third-order valence-corrected chi connectivity index (χ3v) is 5.55. The monoisotopic (exact) mass is 329 g/mol. The fourth-order valence-electron chi connectivity index (χ4n) is 4.02. The van der Waals surface area contributed by atoms with E-state index in [1.165, 1.54) is 62.5 Å². The number of hydrogen-bond acceptors (Lipinski definition) is 2. The van der Waals surface area contributed by atoms with Gasteiger partial charge in [-0.05, 0) is 74.1 Å². The van der Waals surface area contributed by atoms with Crippen molar-refractivity contribution in [1.29, 1.82) is 0 Å². The van der Waals surface area contributed by atoms with Crippen molar-refractivity contribution in [3.63, 3.8) is 0 Å². The molecule has 2 aliphatic rings. The molecule has 1 N–H and O–H groups in total. The Hall–Kier alpha value is -1.51. The number of carbonyl (C=O) groups is 1. The molecule has 0 saturated heterocycles. The highest BCUT2D eigenvalue weighted by Gasteiger charge is 2.21. The molecule has 3 rings (SSSR count). The summed E-state index contributed by atoms with van der Waals surface area (Å²) in [6.45, 7) is 2.83. The van der Waals surface area contributed by atoms with Gasteiger partial charge < -0.3 is 10.1 Å². The van der Waals surface area contributed by atoms with Gasteiger partial charge in [-0.2, -0.15) is 0 Å². The van der Waals surface area contributed by atoms with E-state index in [4.69, 9.17) is 4.74 Å². The summed E-state index contributed by atoms with van der Waals surface area (Å²) in [6.07, 6.45) is 11.7. The van der Waals surface area contributed by atoms with E-state index in [1.54, 1.807) is 0 Å². The van der Waals surface area contributed by atoms with Crippen LogP contribution in [0.3, 0.4) is 0 Å². The average molecular weight is 329 g/mol. The van der Waals surface area contributed by atoms with Gasteiger partial charge in [-0.1, -0.05) is 32.3 Å². The Morgan fingerprint density at radius 2 is 1.88 bits per heavy atom. The molecule has 3 heteroatoms. The number of rotatable bonds is 6. The maximum Gasteiger partial charge on any atom is 0.261 e. The zero-order valence-electron chi connectivity index (χ0n) is 15.0. The molecule has 0 radical (unpaired) electrons. The summed E-state index contributed by atoms with van der Waals surface area (Å²) in [4.78, 5) is 12.5. The molecule has 1 atom stereocenters. The number of amides is 1. The quantitative estimate of drug-likeness (QED) is 0.839. The topological polar surface area (TPSA) is 38.3 Å². The Bertz CT molecular complexity index is 549. The Labute approximate surface area is 146 Å². The minimum absolute atomic E-state index is 0.0424. The molecule has 24 heavy (non-hydrogen) atoms. The Morgan fingerprint density at radius 3 is 2.62 bits per heavy atom. The van der Waals surface area contributed by atoms with E-state index in [0.29, 0.717) is 12.3 Å². The van der Waals surface area contributed by atoms with Gasteiger partial charge >= 0.3 is 0 Å². The summed E-state index contributed by atoms with van der Waals surface area (Å²) in [7, 11) is 0. The predicted molar refractivity (Wildman–Crippen MR) is 97.4 cm³/mol. The standard InChI is InChI=1S/C21H31NO2/c1-2-20(21(23)22-15-16-8-4-3-5-9-16)24-19-13-12-17-10-6-7-11-18(17)14-19/h12-14,16,20H,2-11,15H2,1H3,(H,22,23)/t20-/m1/s1. The summed E-state index contributed by atoms with van der Waals surface area (Å²) < 4.78 is 6.02. The third kappa shape index (κ3) is 4.52. The van der Waals surface area contributed by atoms with Crippen LogP contribution in [-0.2, 0) is 17.6 Å². The second kappa shape index (κ2) is 8.55. The van der Waals surface area contributed by atoms with Crippen molar-refractivity contribution in [3.05, 3.63) is 29.3 Å². The highest BCUT2D eigenvalue weighted by atomic mass is 16.5. The smallest absolute Gasteiger partial charge is 0.261 e. The molecule has 1 saturated carbocycles. The lowest BCUT2D eigenvalue weighted by Gasteiger charge is -2.24. The van der Waals surface area contributed by atoms with Crippen LogP contribution >= 0.6 is 0 Å².